The number of carbonyl (C=O) groups is 1. The number of nitrogens with two attached hydrogens (primary N) is 1. The molecule has 1 amide bonds. The molecule has 3 heteroatoms. The van der Waals surface area contributed by atoms with Gasteiger partial charge in [0.05, 0.1) is 6.54 Å². The monoisotopic (exact) mass is 278 g/mol. The number of aryl methyl sites for hydroxylation is 2. The van der Waals surface area contributed by atoms with E-state index in [4.69, 9.17) is 5.73 Å². The Hall–Kier alpha value is -2.57. The van der Waals surface area contributed by atoms with Crippen LogP contribution >= 0.6 is 0 Å². The molecular weight excluding hydrogens is 260 g/mol. The number of benzene rings is 2. The van der Waals surface area contributed by atoms with Crippen molar-refractivity contribution in [3.63, 3.8) is 0 Å². The summed E-state index contributed by atoms with van der Waals surface area (Å²) in [4.78, 5) is 12.2. The molecule has 0 aliphatic carbocycles. The Bertz CT molecular complexity index is 706. The van der Waals surface area contributed by atoms with Gasteiger partial charge < -0.3 is 11.1 Å². The van der Waals surface area contributed by atoms with Crippen molar-refractivity contribution in [2.75, 3.05) is 11.9 Å². The zero-order valence-electron chi connectivity index (χ0n) is 12.2. The number of nitrogens with one attached hydrogen (secondary N) is 1. The number of rotatable bonds is 2. The fraction of sp³-hybridized carbons (Fsp3) is 0.167. The molecule has 0 saturated heterocycles. The molecule has 0 unspecified atom stereocenters. The van der Waals surface area contributed by atoms with Crippen LogP contribution in [0.3, 0.4) is 0 Å². The molecule has 0 heterocycles. The standard InChI is InChI=1S/C18H18N2O/c1-13-5-9-17(10-6-13)20-18(21)16-8-7-15(4-3-11-19)14(2)12-16/h5-10,12H,11,19H2,1-2H3,(H,20,21). The van der Waals surface area contributed by atoms with E-state index in [-0.39, 0.29) is 5.91 Å². The van der Waals surface area contributed by atoms with Crippen LogP contribution in [-0.2, 0) is 0 Å². The average Bonchev–Trinajstić information content (AvgIpc) is 2.48. The van der Waals surface area contributed by atoms with E-state index in [0.29, 0.717) is 12.1 Å². The Kier molecular flexibility index (Phi) is 4.76. The summed E-state index contributed by atoms with van der Waals surface area (Å²) in [5.74, 6) is 5.68. The molecule has 3 N–H and O–H groups in total. The Morgan fingerprint density at radius 2 is 1.86 bits per heavy atom. The summed E-state index contributed by atoms with van der Waals surface area (Å²) in [5.41, 5.74) is 9.79. The highest BCUT2D eigenvalue weighted by Gasteiger charge is 2.07. The highest BCUT2D eigenvalue weighted by molar-refractivity contribution is 6.04. The largest absolute Gasteiger partial charge is 0.322 e. The zero-order valence-corrected chi connectivity index (χ0v) is 12.2. The van der Waals surface area contributed by atoms with Crippen molar-refractivity contribution in [3.8, 4) is 11.8 Å². The fourth-order valence-electron chi connectivity index (χ4n) is 1.93. The van der Waals surface area contributed by atoms with Crippen LogP contribution < -0.4 is 11.1 Å². The minimum Gasteiger partial charge on any atom is -0.322 e. The van der Waals surface area contributed by atoms with Gasteiger partial charge in [-0.3, -0.25) is 4.79 Å². The number of hydrogen-bond acceptors (Lipinski definition) is 2. The molecule has 2 aromatic carbocycles. The van der Waals surface area contributed by atoms with Gasteiger partial charge in [0.25, 0.3) is 5.91 Å². The summed E-state index contributed by atoms with van der Waals surface area (Å²) in [6.07, 6.45) is 0. The lowest BCUT2D eigenvalue weighted by molar-refractivity contribution is 0.102. The van der Waals surface area contributed by atoms with E-state index in [1.54, 1.807) is 6.07 Å². The van der Waals surface area contributed by atoms with E-state index in [9.17, 15) is 4.79 Å². The molecule has 0 atom stereocenters. The minimum absolute atomic E-state index is 0.125. The van der Waals surface area contributed by atoms with Gasteiger partial charge >= 0.3 is 0 Å². The van der Waals surface area contributed by atoms with Gasteiger partial charge in [-0.25, -0.2) is 0 Å². The van der Waals surface area contributed by atoms with E-state index < -0.39 is 0 Å². The Labute approximate surface area is 125 Å². The van der Waals surface area contributed by atoms with Gasteiger partial charge in [0.1, 0.15) is 0 Å². The van der Waals surface area contributed by atoms with Crippen molar-refractivity contribution in [3.05, 3.63) is 64.7 Å². The molecular formula is C18H18N2O. The first-order valence-electron chi connectivity index (χ1n) is 6.78. The van der Waals surface area contributed by atoms with Gasteiger partial charge in [-0.15, -0.1) is 0 Å². The molecule has 3 nitrogen and oxygen atoms in total. The van der Waals surface area contributed by atoms with Gasteiger partial charge in [0.15, 0.2) is 0 Å². The van der Waals surface area contributed by atoms with Crippen LogP contribution in [0.4, 0.5) is 5.69 Å². The Morgan fingerprint density at radius 1 is 1.14 bits per heavy atom. The van der Waals surface area contributed by atoms with Crippen LogP contribution in [-0.4, -0.2) is 12.5 Å². The van der Waals surface area contributed by atoms with Crippen LogP contribution in [0.1, 0.15) is 27.0 Å². The van der Waals surface area contributed by atoms with Crippen LogP contribution in [0.2, 0.25) is 0 Å². The number of hydrogen-bond donors (Lipinski definition) is 2. The molecule has 21 heavy (non-hydrogen) atoms. The van der Waals surface area contributed by atoms with Gasteiger partial charge in [-0.05, 0) is 49.7 Å². The Balaban J connectivity index is 2.16. The molecule has 0 aliphatic rings. The summed E-state index contributed by atoms with van der Waals surface area (Å²) in [6.45, 7) is 4.27. The molecule has 106 valence electrons. The quantitative estimate of drug-likeness (QED) is 0.830. The number of carbonyl (C=O) groups excluding carboxylic acids is 1. The molecule has 2 aromatic rings. The smallest absolute Gasteiger partial charge is 0.255 e. The van der Waals surface area contributed by atoms with Crippen molar-refractivity contribution in [2.24, 2.45) is 5.73 Å². The van der Waals surface area contributed by atoms with Crippen molar-refractivity contribution < 1.29 is 4.79 Å². The summed E-state index contributed by atoms with van der Waals surface area (Å²) in [6, 6.07) is 13.2. The molecule has 0 fully saturated rings. The normalized spacial score (nSPS) is 9.67. The van der Waals surface area contributed by atoms with Crippen LogP contribution in [0, 0.1) is 25.7 Å². The molecule has 0 radical (unpaired) electrons. The predicted octanol–water partition coefficient (Wildman–Crippen LogP) is 2.87. The van der Waals surface area contributed by atoms with E-state index >= 15 is 0 Å². The third-order valence-corrected chi connectivity index (χ3v) is 3.12. The minimum atomic E-state index is -0.125. The first-order valence-corrected chi connectivity index (χ1v) is 6.78. The van der Waals surface area contributed by atoms with E-state index in [1.165, 1.54) is 0 Å². The van der Waals surface area contributed by atoms with Crippen LogP contribution in [0.5, 0.6) is 0 Å². The summed E-state index contributed by atoms with van der Waals surface area (Å²) in [7, 11) is 0. The molecule has 0 bridgehead atoms. The van der Waals surface area contributed by atoms with E-state index in [0.717, 1.165) is 22.4 Å². The molecule has 0 spiro atoms. The molecule has 0 aliphatic heterocycles. The maximum absolute atomic E-state index is 12.2. The zero-order chi connectivity index (χ0) is 15.2. The maximum atomic E-state index is 12.2. The first kappa shape index (κ1) is 14.8. The van der Waals surface area contributed by atoms with Crippen LogP contribution in [0.25, 0.3) is 0 Å². The summed E-state index contributed by atoms with van der Waals surface area (Å²) >= 11 is 0. The predicted molar refractivity (Wildman–Crippen MR) is 86.2 cm³/mol. The van der Waals surface area contributed by atoms with Crippen molar-refractivity contribution in [2.45, 2.75) is 13.8 Å². The van der Waals surface area contributed by atoms with Gasteiger partial charge in [0.2, 0.25) is 0 Å². The van der Waals surface area contributed by atoms with Gasteiger partial charge in [0, 0.05) is 16.8 Å². The lowest BCUT2D eigenvalue weighted by Gasteiger charge is -2.07. The number of anilines is 1. The molecule has 2 rings (SSSR count). The number of amides is 1. The highest BCUT2D eigenvalue weighted by atomic mass is 16.1. The van der Waals surface area contributed by atoms with Crippen molar-refractivity contribution >= 4 is 11.6 Å². The second kappa shape index (κ2) is 6.74. The van der Waals surface area contributed by atoms with Crippen LogP contribution in [0.15, 0.2) is 42.5 Å². The van der Waals surface area contributed by atoms with E-state index in [2.05, 4.69) is 17.2 Å². The van der Waals surface area contributed by atoms with Crippen molar-refractivity contribution in [1.29, 1.82) is 0 Å². The summed E-state index contributed by atoms with van der Waals surface area (Å²) < 4.78 is 0. The van der Waals surface area contributed by atoms with E-state index in [1.807, 2.05) is 50.2 Å². The highest BCUT2D eigenvalue weighted by Crippen LogP contribution is 2.14. The second-order valence-electron chi connectivity index (χ2n) is 4.86. The third kappa shape index (κ3) is 3.95. The second-order valence-corrected chi connectivity index (χ2v) is 4.86. The van der Waals surface area contributed by atoms with Gasteiger partial charge in [-0.2, -0.15) is 0 Å². The maximum Gasteiger partial charge on any atom is 0.255 e. The first-order chi connectivity index (χ1) is 10.1. The van der Waals surface area contributed by atoms with Gasteiger partial charge in [-0.1, -0.05) is 29.5 Å². The Morgan fingerprint density at radius 3 is 2.48 bits per heavy atom. The molecule has 0 saturated carbocycles. The fourth-order valence-corrected chi connectivity index (χ4v) is 1.93. The lowest BCUT2D eigenvalue weighted by Crippen LogP contribution is -2.12. The lowest BCUT2D eigenvalue weighted by atomic mass is 10.0. The third-order valence-electron chi connectivity index (χ3n) is 3.12. The molecule has 0 aromatic heterocycles. The summed E-state index contributed by atoms with van der Waals surface area (Å²) in [5, 5.41) is 2.88. The SMILES string of the molecule is Cc1ccc(NC(=O)c2ccc(C#CCN)c(C)c2)cc1. The van der Waals surface area contributed by atoms with Crippen molar-refractivity contribution in [1.82, 2.24) is 0 Å². The average molecular weight is 278 g/mol. The topological polar surface area (TPSA) is 55.1 Å².